The van der Waals surface area contributed by atoms with Crippen molar-refractivity contribution < 1.29 is 4.79 Å². The van der Waals surface area contributed by atoms with Crippen LogP contribution in [0.2, 0.25) is 0 Å². The van der Waals surface area contributed by atoms with Crippen molar-refractivity contribution in [2.45, 2.75) is 33.6 Å². The Bertz CT molecular complexity index is 448. The summed E-state index contributed by atoms with van der Waals surface area (Å²) >= 11 is 0. The lowest BCUT2D eigenvalue weighted by atomic mass is 9.96. The predicted molar refractivity (Wildman–Crippen MR) is 73.3 cm³/mol. The van der Waals surface area contributed by atoms with Gasteiger partial charge in [-0.05, 0) is 39.2 Å². The van der Waals surface area contributed by atoms with E-state index in [1.807, 2.05) is 24.3 Å². The molecule has 0 aliphatic carbocycles. The Morgan fingerprint density at radius 3 is 2.47 bits per heavy atom. The maximum atomic E-state index is 10.9. The number of allylic oxidation sites excluding steroid dienone is 3. The quantitative estimate of drug-likeness (QED) is 0.541. The molecular formula is C16H20O. The number of carbonyl (C=O) groups excluding carboxylic acids is 1. The highest BCUT2D eigenvalue weighted by Gasteiger charge is 2.04. The summed E-state index contributed by atoms with van der Waals surface area (Å²) in [7, 11) is 0. The topological polar surface area (TPSA) is 17.1 Å². The standard InChI is InChI=1S/C16H20O/c1-12(2)14(4)9-13(3)10-15-7-5-6-8-16(15)11-17/h5-8,11H,3,9-10H2,1-2,4H3. The molecule has 0 heterocycles. The summed E-state index contributed by atoms with van der Waals surface area (Å²) in [4.78, 5) is 10.9. The van der Waals surface area contributed by atoms with Gasteiger partial charge in [0, 0.05) is 5.56 Å². The molecule has 0 bridgehead atoms. The first kappa shape index (κ1) is 13.4. The van der Waals surface area contributed by atoms with Crippen LogP contribution in [0.15, 0.2) is 47.6 Å². The van der Waals surface area contributed by atoms with Crippen LogP contribution >= 0.6 is 0 Å². The van der Waals surface area contributed by atoms with Gasteiger partial charge in [0.2, 0.25) is 0 Å². The summed E-state index contributed by atoms with van der Waals surface area (Å²) in [6, 6.07) is 7.69. The first-order chi connectivity index (χ1) is 8.04. The van der Waals surface area contributed by atoms with Crippen LogP contribution in [-0.4, -0.2) is 6.29 Å². The highest BCUT2D eigenvalue weighted by atomic mass is 16.1. The maximum Gasteiger partial charge on any atom is 0.150 e. The molecule has 0 spiro atoms. The number of rotatable bonds is 5. The van der Waals surface area contributed by atoms with Gasteiger partial charge in [-0.15, -0.1) is 0 Å². The van der Waals surface area contributed by atoms with E-state index in [-0.39, 0.29) is 0 Å². The van der Waals surface area contributed by atoms with Crippen LogP contribution in [0, 0.1) is 0 Å². The lowest BCUT2D eigenvalue weighted by Gasteiger charge is -2.09. The zero-order valence-corrected chi connectivity index (χ0v) is 10.9. The van der Waals surface area contributed by atoms with Gasteiger partial charge in [0.1, 0.15) is 6.29 Å². The fraction of sp³-hybridized carbons (Fsp3) is 0.312. The lowest BCUT2D eigenvalue weighted by Crippen LogP contribution is -1.96. The Labute approximate surface area is 104 Å². The van der Waals surface area contributed by atoms with Crippen molar-refractivity contribution >= 4 is 6.29 Å². The van der Waals surface area contributed by atoms with E-state index >= 15 is 0 Å². The second-order valence-electron chi connectivity index (χ2n) is 4.70. The summed E-state index contributed by atoms with van der Waals surface area (Å²) < 4.78 is 0. The monoisotopic (exact) mass is 228 g/mol. The van der Waals surface area contributed by atoms with Crippen molar-refractivity contribution in [3.8, 4) is 0 Å². The molecule has 1 heteroatoms. The fourth-order valence-corrected chi connectivity index (χ4v) is 1.69. The number of hydrogen-bond donors (Lipinski definition) is 0. The number of aldehydes is 1. The smallest absolute Gasteiger partial charge is 0.150 e. The largest absolute Gasteiger partial charge is 0.298 e. The van der Waals surface area contributed by atoms with Crippen molar-refractivity contribution in [1.82, 2.24) is 0 Å². The fourth-order valence-electron chi connectivity index (χ4n) is 1.69. The Morgan fingerprint density at radius 1 is 1.24 bits per heavy atom. The van der Waals surface area contributed by atoms with Crippen molar-refractivity contribution in [2.75, 3.05) is 0 Å². The average molecular weight is 228 g/mol. The van der Waals surface area contributed by atoms with Crippen LogP contribution in [0.25, 0.3) is 0 Å². The third-order valence-corrected chi connectivity index (χ3v) is 2.99. The van der Waals surface area contributed by atoms with Crippen LogP contribution in [-0.2, 0) is 6.42 Å². The predicted octanol–water partition coefficient (Wildman–Crippen LogP) is 4.34. The summed E-state index contributed by atoms with van der Waals surface area (Å²) in [6.45, 7) is 10.5. The second-order valence-corrected chi connectivity index (χ2v) is 4.70. The SMILES string of the molecule is C=C(CC(C)=C(C)C)Cc1ccccc1C=O. The number of benzene rings is 1. The molecule has 0 saturated heterocycles. The Morgan fingerprint density at radius 2 is 1.88 bits per heavy atom. The molecule has 0 N–H and O–H groups in total. The van der Waals surface area contributed by atoms with Crippen LogP contribution < -0.4 is 0 Å². The minimum atomic E-state index is 0.767. The molecule has 0 atom stereocenters. The van der Waals surface area contributed by atoms with Gasteiger partial charge in [-0.3, -0.25) is 4.79 Å². The molecule has 90 valence electrons. The highest BCUT2D eigenvalue weighted by Crippen LogP contribution is 2.18. The zero-order valence-electron chi connectivity index (χ0n) is 10.9. The lowest BCUT2D eigenvalue weighted by molar-refractivity contribution is 0.112. The first-order valence-electron chi connectivity index (χ1n) is 5.87. The third kappa shape index (κ3) is 4.03. The van der Waals surface area contributed by atoms with Crippen LogP contribution in [0.1, 0.15) is 43.1 Å². The molecule has 17 heavy (non-hydrogen) atoms. The van der Waals surface area contributed by atoms with Gasteiger partial charge < -0.3 is 0 Å². The van der Waals surface area contributed by atoms with Gasteiger partial charge in [-0.1, -0.05) is 47.6 Å². The molecule has 0 radical (unpaired) electrons. The van der Waals surface area contributed by atoms with E-state index in [9.17, 15) is 4.79 Å². The van der Waals surface area contributed by atoms with E-state index in [0.29, 0.717) is 0 Å². The Hall–Kier alpha value is -1.63. The summed E-state index contributed by atoms with van der Waals surface area (Å²) in [5, 5.41) is 0. The van der Waals surface area contributed by atoms with Gasteiger partial charge >= 0.3 is 0 Å². The maximum absolute atomic E-state index is 10.9. The van der Waals surface area contributed by atoms with E-state index < -0.39 is 0 Å². The molecule has 0 aliphatic heterocycles. The molecule has 0 fully saturated rings. The highest BCUT2D eigenvalue weighted by molar-refractivity contribution is 5.77. The molecule has 0 saturated carbocycles. The minimum absolute atomic E-state index is 0.767. The molecular weight excluding hydrogens is 208 g/mol. The normalized spacial score (nSPS) is 9.82. The van der Waals surface area contributed by atoms with Crippen LogP contribution in [0.4, 0.5) is 0 Å². The van der Waals surface area contributed by atoms with E-state index in [1.54, 1.807) is 0 Å². The van der Waals surface area contributed by atoms with Gasteiger partial charge in [-0.2, -0.15) is 0 Å². The zero-order chi connectivity index (χ0) is 12.8. The van der Waals surface area contributed by atoms with Crippen molar-refractivity contribution in [3.05, 3.63) is 58.7 Å². The van der Waals surface area contributed by atoms with Gasteiger partial charge in [-0.25, -0.2) is 0 Å². The van der Waals surface area contributed by atoms with Crippen molar-refractivity contribution in [1.29, 1.82) is 0 Å². The van der Waals surface area contributed by atoms with Crippen molar-refractivity contribution in [2.24, 2.45) is 0 Å². The summed E-state index contributed by atoms with van der Waals surface area (Å²) in [5.41, 5.74) is 5.68. The number of hydrogen-bond acceptors (Lipinski definition) is 1. The van der Waals surface area contributed by atoms with Gasteiger partial charge in [0.25, 0.3) is 0 Å². The molecule has 1 nitrogen and oxygen atoms in total. The van der Waals surface area contributed by atoms with Crippen LogP contribution in [0.5, 0.6) is 0 Å². The molecule has 1 rings (SSSR count). The van der Waals surface area contributed by atoms with Gasteiger partial charge in [0.05, 0.1) is 0 Å². The van der Waals surface area contributed by atoms with Gasteiger partial charge in [0.15, 0.2) is 0 Å². The molecule has 0 amide bonds. The molecule has 0 unspecified atom stereocenters. The third-order valence-electron chi connectivity index (χ3n) is 2.99. The van der Waals surface area contributed by atoms with Crippen molar-refractivity contribution in [3.63, 3.8) is 0 Å². The minimum Gasteiger partial charge on any atom is -0.298 e. The molecule has 1 aromatic carbocycles. The Kier molecular flexibility index (Phi) is 4.89. The van der Waals surface area contributed by atoms with E-state index in [1.165, 1.54) is 11.1 Å². The number of carbonyl (C=O) groups is 1. The summed E-state index contributed by atoms with van der Waals surface area (Å²) in [5.74, 6) is 0. The Balaban J connectivity index is 2.75. The van der Waals surface area contributed by atoms with E-state index in [0.717, 1.165) is 35.8 Å². The van der Waals surface area contributed by atoms with Crippen LogP contribution in [0.3, 0.4) is 0 Å². The average Bonchev–Trinajstić information content (AvgIpc) is 2.29. The molecule has 0 aliphatic rings. The first-order valence-corrected chi connectivity index (χ1v) is 5.87. The van der Waals surface area contributed by atoms with E-state index in [4.69, 9.17) is 0 Å². The second kappa shape index (κ2) is 6.19. The molecule has 1 aromatic rings. The summed E-state index contributed by atoms with van der Waals surface area (Å²) in [6.07, 6.45) is 2.60. The van der Waals surface area contributed by atoms with E-state index in [2.05, 4.69) is 27.4 Å². The molecule has 0 aromatic heterocycles.